The molecule has 3 rings (SSSR count). The Kier molecular flexibility index (Phi) is 8.38. The fourth-order valence-corrected chi connectivity index (χ4v) is 4.94. The van der Waals surface area contributed by atoms with E-state index in [0.717, 1.165) is 18.4 Å². The molecule has 8 heteroatoms. The quantitative estimate of drug-likeness (QED) is 0.538. The van der Waals surface area contributed by atoms with Crippen molar-refractivity contribution in [2.75, 3.05) is 7.11 Å². The van der Waals surface area contributed by atoms with Gasteiger partial charge in [-0.25, -0.2) is 9.59 Å². The van der Waals surface area contributed by atoms with Crippen LogP contribution in [0.3, 0.4) is 0 Å². The maximum Gasteiger partial charge on any atom is 0.410 e. The maximum atomic E-state index is 13.4. The molecule has 2 amide bonds. The molecule has 1 saturated heterocycles. The smallest absolute Gasteiger partial charge is 0.410 e. The van der Waals surface area contributed by atoms with Gasteiger partial charge < -0.3 is 19.5 Å². The third-order valence-electron chi connectivity index (χ3n) is 6.60. The van der Waals surface area contributed by atoms with E-state index >= 15 is 0 Å². The molecule has 2 aliphatic rings. The number of amides is 2. The highest BCUT2D eigenvalue weighted by atomic mass is 16.6. The summed E-state index contributed by atoms with van der Waals surface area (Å²) in [5.41, 5.74) is -0.384. The van der Waals surface area contributed by atoms with Crippen LogP contribution in [-0.4, -0.2) is 65.4 Å². The van der Waals surface area contributed by atoms with Crippen molar-refractivity contribution in [2.45, 2.75) is 103 Å². The number of nitrogens with one attached hydrogen (secondary N) is 1. The number of carbonyl (C=O) groups is 3. The molecule has 1 saturated carbocycles. The highest BCUT2D eigenvalue weighted by molar-refractivity contribution is 5.86. The summed E-state index contributed by atoms with van der Waals surface area (Å²) in [6, 6.07) is 8.51. The zero-order valence-corrected chi connectivity index (χ0v) is 22.9. The predicted molar refractivity (Wildman–Crippen MR) is 136 cm³/mol. The summed E-state index contributed by atoms with van der Waals surface area (Å²) in [4.78, 5) is 41.2. The second-order valence-corrected chi connectivity index (χ2v) is 12.0. The van der Waals surface area contributed by atoms with Crippen LogP contribution in [0.1, 0.15) is 66.9 Å². The fraction of sp³-hybridized carbons (Fsp3) is 0.679. The monoisotopic (exact) mass is 502 g/mol. The van der Waals surface area contributed by atoms with Gasteiger partial charge in [-0.1, -0.05) is 37.3 Å². The summed E-state index contributed by atoms with van der Waals surface area (Å²) in [6.45, 7) is 12.7. The summed E-state index contributed by atoms with van der Waals surface area (Å²) >= 11 is 0. The van der Waals surface area contributed by atoms with E-state index < -0.39 is 35.2 Å². The standard InChI is InChI=1S/C28H42N2O6/c1-17(23(34-8)22-16-19-15-21(19)30(22)26(33)36-28(5,6)7)24(31)29-20(25(32)35-27(2,3)4)14-18-12-10-9-11-13-18/h9-13,17,19-23H,14-16H2,1-8H3,(H,29,31)/t17-,19+,20+,21+,22+,23-/m1/s1. The minimum atomic E-state index is -0.849. The lowest BCUT2D eigenvalue weighted by Gasteiger charge is -2.36. The summed E-state index contributed by atoms with van der Waals surface area (Å²) in [6.07, 6.45) is 1.11. The van der Waals surface area contributed by atoms with E-state index in [1.807, 2.05) is 51.1 Å². The van der Waals surface area contributed by atoms with Gasteiger partial charge in [0.2, 0.25) is 5.91 Å². The zero-order valence-electron chi connectivity index (χ0n) is 22.9. The molecule has 2 fully saturated rings. The van der Waals surface area contributed by atoms with E-state index in [1.54, 1.807) is 39.7 Å². The second-order valence-electron chi connectivity index (χ2n) is 12.0. The molecule has 1 aromatic rings. The number of methoxy groups -OCH3 is 1. The van der Waals surface area contributed by atoms with Crippen molar-refractivity contribution in [3.63, 3.8) is 0 Å². The molecular weight excluding hydrogens is 460 g/mol. The molecule has 200 valence electrons. The molecule has 1 aliphatic heterocycles. The molecule has 36 heavy (non-hydrogen) atoms. The molecule has 0 spiro atoms. The van der Waals surface area contributed by atoms with Crippen LogP contribution in [0.15, 0.2) is 30.3 Å². The fourth-order valence-electron chi connectivity index (χ4n) is 4.94. The van der Waals surface area contributed by atoms with Crippen molar-refractivity contribution in [1.82, 2.24) is 10.2 Å². The van der Waals surface area contributed by atoms with E-state index in [4.69, 9.17) is 14.2 Å². The largest absolute Gasteiger partial charge is 0.458 e. The Morgan fingerprint density at radius 3 is 2.17 bits per heavy atom. The van der Waals surface area contributed by atoms with Gasteiger partial charge in [0.1, 0.15) is 17.2 Å². The Bertz CT molecular complexity index is 936. The van der Waals surface area contributed by atoms with Crippen molar-refractivity contribution in [3.05, 3.63) is 35.9 Å². The normalized spacial score (nSPS) is 23.8. The van der Waals surface area contributed by atoms with E-state index in [0.29, 0.717) is 12.3 Å². The third-order valence-corrected chi connectivity index (χ3v) is 6.60. The van der Waals surface area contributed by atoms with E-state index in [1.165, 1.54) is 0 Å². The lowest BCUT2D eigenvalue weighted by molar-refractivity contribution is -0.159. The average molecular weight is 503 g/mol. The van der Waals surface area contributed by atoms with Gasteiger partial charge in [-0.3, -0.25) is 9.69 Å². The van der Waals surface area contributed by atoms with Crippen LogP contribution >= 0.6 is 0 Å². The Morgan fingerprint density at radius 2 is 1.61 bits per heavy atom. The lowest BCUT2D eigenvalue weighted by atomic mass is 9.93. The predicted octanol–water partition coefficient (Wildman–Crippen LogP) is 4.10. The van der Waals surface area contributed by atoms with Gasteiger partial charge in [-0.15, -0.1) is 0 Å². The first-order valence-corrected chi connectivity index (χ1v) is 12.8. The maximum absolute atomic E-state index is 13.4. The van der Waals surface area contributed by atoms with Gasteiger partial charge in [-0.05, 0) is 65.9 Å². The molecule has 1 aromatic carbocycles. The molecule has 1 heterocycles. The molecule has 0 radical (unpaired) electrons. The highest BCUT2D eigenvalue weighted by Gasteiger charge is 2.58. The number of ether oxygens (including phenoxy) is 3. The lowest BCUT2D eigenvalue weighted by Crippen LogP contribution is -2.54. The number of hydrogen-bond donors (Lipinski definition) is 1. The molecule has 0 bridgehead atoms. The number of hydrogen-bond acceptors (Lipinski definition) is 6. The topological polar surface area (TPSA) is 94.2 Å². The van der Waals surface area contributed by atoms with Crippen LogP contribution in [-0.2, 0) is 30.2 Å². The Morgan fingerprint density at radius 1 is 1.00 bits per heavy atom. The van der Waals surface area contributed by atoms with Crippen molar-refractivity contribution in [1.29, 1.82) is 0 Å². The number of rotatable bonds is 8. The minimum absolute atomic E-state index is 0.130. The zero-order chi connectivity index (χ0) is 26.8. The van der Waals surface area contributed by atoms with Gasteiger partial charge in [0.15, 0.2) is 0 Å². The van der Waals surface area contributed by atoms with Crippen LogP contribution < -0.4 is 5.32 Å². The first-order valence-electron chi connectivity index (χ1n) is 12.8. The number of likely N-dealkylation sites (tertiary alicyclic amines) is 1. The van der Waals surface area contributed by atoms with Gasteiger partial charge in [0, 0.05) is 19.6 Å². The van der Waals surface area contributed by atoms with Crippen molar-refractivity contribution in [2.24, 2.45) is 11.8 Å². The van der Waals surface area contributed by atoms with Crippen LogP contribution in [0.2, 0.25) is 0 Å². The number of nitrogens with zero attached hydrogens (tertiary/aromatic N) is 1. The first kappa shape index (κ1) is 28.0. The van der Waals surface area contributed by atoms with Gasteiger partial charge in [-0.2, -0.15) is 0 Å². The van der Waals surface area contributed by atoms with Crippen molar-refractivity contribution in [3.8, 4) is 0 Å². The van der Waals surface area contributed by atoms with Crippen LogP contribution in [0.25, 0.3) is 0 Å². The number of benzene rings is 1. The van der Waals surface area contributed by atoms with E-state index in [9.17, 15) is 14.4 Å². The Balaban J connectivity index is 1.75. The minimum Gasteiger partial charge on any atom is -0.458 e. The number of carbonyl (C=O) groups excluding carboxylic acids is 3. The molecule has 6 atom stereocenters. The number of fused-ring (bicyclic) bond motifs is 1. The molecule has 8 nitrogen and oxygen atoms in total. The van der Waals surface area contributed by atoms with Gasteiger partial charge in [0.25, 0.3) is 0 Å². The second kappa shape index (κ2) is 10.8. The molecular formula is C28H42N2O6. The summed E-state index contributed by atoms with van der Waals surface area (Å²) in [5, 5.41) is 2.90. The molecule has 0 unspecified atom stereocenters. The Labute approximate surface area is 215 Å². The van der Waals surface area contributed by atoms with Crippen molar-refractivity contribution >= 4 is 18.0 Å². The van der Waals surface area contributed by atoms with Gasteiger partial charge in [0.05, 0.1) is 18.1 Å². The number of esters is 1. The van der Waals surface area contributed by atoms with Gasteiger partial charge >= 0.3 is 12.1 Å². The third kappa shape index (κ3) is 7.21. The SMILES string of the molecule is CO[C@H]([C@@H](C)C(=O)N[C@@H](Cc1ccccc1)C(=O)OC(C)(C)C)[C@@H]1C[C@@H]2C[C@@H]2N1C(=O)OC(C)(C)C. The highest BCUT2D eigenvalue weighted by Crippen LogP contribution is 2.50. The summed E-state index contributed by atoms with van der Waals surface area (Å²) < 4.78 is 17.1. The average Bonchev–Trinajstić information content (AvgIpc) is 3.41. The van der Waals surface area contributed by atoms with Crippen molar-refractivity contribution < 1.29 is 28.6 Å². The molecule has 0 aromatic heterocycles. The number of piperidine rings is 1. The molecule has 1 N–H and O–H groups in total. The van der Waals surface area contributed by atoms with E-state index in [2.05, 4.69) is 5.32 Å². The Hall–Kier alpha value is -2.61. The van der Waals surface area contributed by atoms with Crippen LogP contribution in [0, 0.1) is 11.8 Å². The van der Waals surface area contributed by atoms with E-state index in [-0.39, 0.29) is 24.1 Å². The summed E-state index contributed by atoms with van der Waals surface area (Å²) in [7, 11) is 1.56. The van der Waals surface area contributed by atoms with Crippen LogP contribution in [0.5, 0.6) is 0 Å². The summed E-state index contributed by atoms with van der Waals surface area (Å²) in [5.74, 6) is -1.01. The first-order chi connectivity index (χ1) is 16.7. The van der Waals surface area contributed by atoms with Crippen LogP contribution in [0.4, 0.5) is 4.79 Å². The molecule has 1 aliphatic carbocycles.